The smallest absolute Gasteiger partial charge is 0.387 e. The number of carbonyl (C=O) groups excluding carboxylic acids is 3. The van der Waals surface area contributed by atoms with E-state index in [1.54, 1.807) is 0 Å². The minimum atomic E-state index is -3.13. The molecule has 1 atom stereocenters. The van der Waals surface area contributed by atoms with Crippen LogP contribution in [0.1, 0.15) is 33.1 Å². The van der Waals surface area contributed by atoms with Crippen molar-refractivity contribution in [2.75, 3.05) is 36.5 Å². The van der Waals surface area contributed by atoms with Crippen LogP contribution in [-0.2, 0) is 19.1 Å². The Labute approximate surface area is 191 Å². The molecule has 1 aromatic carbocycles. The average Bonchev–Trinajstić information content (AvgIpc) is 2.66. The molecule has 2 aliphatic rings. The fraction of sp³-hybridized carbons (Fsp3) is 0.591. The Balaban J connectivity index is 1.84. The van der Waals surface area contributed by atoms with Crippen molar-refractivity contribution in [3.8, 4) is 5.75 Å². The first kappa shape index (κ1) is 24.8. The Bertz CT molecular complexity index is 878. The van der Waals surface area contributed by atoms with Gasteiger partial charge in [0.2, 0.25) is 5.91 Å². The van der Waals surface area contributed by atoms with Crippen molar-refractivity contribution >= 4 is 29.1 Å². The van der Waals surface area contributed by atoms with E-state index in [0.717, 1.165) is 19.3 Å². The summed E-state index contributed by atoms with van der Waals surface area (Å²) < 4.78 is 35.8. The summed E-state index contributed by atoms with van der Waals surface area (Å²) in [7, 11) is 0. The SMILES string of the molecule is CC(C)CN(C1CCC1)[C@@H](C(N)=O)C(=O)Nc1ccc(N2CCOCC2=O)c(OC(F)F)c1. The number of rotatable bonds is 10. The van der Waals surface area contributed by atoms with Crippen molar-refractivity contribution in [3.63, 3.8) is 0 Å². The number of primary amides is 1. The predicted octanol–water partition coefficient (Wildman–Crippen LogP) is 1.95. The molecule has 0 unspecified atom stereocenters. The third-order valence-electron chi connectivity index (χ3n) is 5.69. The lowest BCUT2D eigenvalue weighted by molar-refractivity contribution is -0.135. The molecule has 3 N–H and O–H groups in total. The first-order valence-corrected chi connectivity index (χ1v) is 11.0. The minimum absolute atomic E-state index is 0.0862. The molecule has 1 aliphatic heterocycles. The second-order valence-corrected chi connectivity index (χ2v) is 8.63. The molecule has 1 saturated heterocycles. The van der Waals surface area contributed by atoms with Gasteiger partial charge < -0.3 is 25.4 Å². The number of anilines is 2. The summed E-state index contributed by atoms with van der Waals surface area (Å²) in [5, 5.41) is 2.60. The molecule has 2 fully saturated rings. The van der Waals surface area contributed by atoms with Crippen LogP contribution in [0.5, 0.6) is 5.75 Å². The average molecular weight is 469 g/mol. The summed E-state index contributed by atoms with van der Waals surface area (Å²) in [5.41, 5.74) is 5.88. The molecule has 3 rings (SSSR count). The number of benzene rings is 1. The number of amides is 3. The maximum absolute atomic E-state index is 13.1. The maximum atomic E-state index is 13.1. The summed E-state index contributed by atoms with van der Waals surface area (Å²) in [5.74, 6) is -1.88. The van der Waals surface area contributed by atoms with E-state index in [1.807, 2.05) is 18.7 Å². The first-order chi connectivity index (χ1) is 15.7. The van der Waals surface area contributed by atoms with Gasteiger partial charge in [0, 0.05) is 30.9 Å². The molecule has 1 heterocycles. The molecule has 0 radical (unpaired) electrons. The van der Waals surface area contributed by atoms with Gasteiger partial charge in [-0.3, -0.25) is 19.3 Å². The zero-order valence-corrected chi connectivity index (χ0v) is 18.8. The van der Waals surface area contributed by atoms with Crippen LogP contribution in [0.4, 0.5) is 20.2 Å². The van der Waals surface area contributed by atoms with Crippen molar-refractivity contribution in [2.45, 2.75) is 51.8 Å². The fourth-order valence-electron chi connectivity index (χ4n) is 4.04. The van der Waals surface area contributed by atoms with Gasteiger partial charge in [0.25, 0.3) is 11.8 Å². The molecule has 11 heteroatoms. The standard InChI is InChI=1S/C22H30F2N4O5/c1-13(2)11-28(15-4-3-5-15)19(20(25)30)21(31)26-14-6-7-16(17(10-14)33-22(23)24)27-8-9-32-12-18(27)29/h6-7,10,13,15,19,22H,3-5,8-9,11-12H2,1-2H3,(H2,25,30)(H,26,31)/t19-/m0/s1. The molecule has 182 valence electrons. The highest BCUT2D eigenvalue weighted by Crippen LogP contribution is 2.34. The van der Waals surface area contributed by atoms with Gasteiger partial charge in [0.05, 0.1) is 12.3 Å². The van der Waals surface area contributed by atoms with Gasteiger partial charge in [-0.25, -0.2) is 0 Å². The number of nitrogens with two attached hydrogens (primary N) is 1. The number of carbonyl (C=O) groups is 3. The molecule has 1 saturated carbocycles. The molecule has 0 aromatic heterocycles. The highest BCUT2D eigenvalue weighted by Gasteiger charge is 2.38. The lowest BCUT2D eigenvalue weighted by Gasteiger charge is -2.41. The van der Waals surface area contributed by atoms with Gasteiger partial charge in [-0.2, -0.15) is 8.78 Å². The fourth-order valence-corrected chi connectivity index (χ4v) is 4.04. The molecule has 0 bridgehead atoms. The normalized spacial score (nSPS) is 17.9. The first-order valence-electron chi connectivity index (χ1n) is 11.0. The summed E-state index contributed by atoms with van der Waals surface area (Å²) in [6.07, 6.45) is 2.76. The van der Waals surface area contributed by atoms with Gasteiger partial charge in [-0.15, -0.1) is 0 Å². The zero-order valence-electron chi connectivity index (χ0n) is 18.8. The lowest BCUT2D eigenvalue weighted by Crippen LogP contribution is -2.58. The van der Waals surface area contributed by atoms with Gasteiger partial charge in [0.15, 0.2) is 11.8 Å². The Morgan fingerprint density at radius 2 is 2.06 bits per heavy atom. The van der Waals surface area contributed by atoms with E-state index in [9.17, 15) is 23.2 Å². The zero-order chi connectivity index (χ0) is 24.1. The number of nitrogens with zero attached hydrogens (tertiary/aromatic N) is 2. The number of alkyl halides is 2. The van der Waals surface area contributed by atoms with Crippen molar-refractivity contribution in [3.05, 3.63) is 18.2 Å². The summed E-state index contributed by atoms with van der Waals surface area (Å²) >= 11 is 0. The Morgan fingerprint density at radius 1 is 1.33 bits per heavy atom. The number of hydrogen-bond acceptors (Lipinski definition) is 6. The molecule has 9 nitrogen and oxygen atoms in total. The van der Waals surface area contributed by atoms with Crippen LogP contribution >= 0.6 is 0 Å². The molecule has 3 amide bonds. The van der Waals surface area contributed by atoms with Crippen LogP contribution < -0.4 is 20.7 Å². The second-order valence-electron chi connectivity index (χ2n) is 8.63. The van der Waals surface area contributed by atoms with E-state index in [2.05, 4.69) is 10.1 Å². The van der Waals surface area contributed by atoms with Crippen LogP contribution in [-0.4, -0.2) is 67.6 Å². The van der Waals surface area contributed by atoms with Crippen LogP contribution in [0.3, 0.4) is 0 Å². The quantitative estimate of drug-likeness (QED) is 0.508. The molecule has 33 heavy (non-hydrogen) atoms. The summed E-state index contributed by atoms with van der Waals surface area (Å²) in [4.78, 5) is 40.6. The van der Waals surface area contributed by atoms with Gasteiger partial charge >= 0.3 is 6.61 Å². The number of morpholine rings is 1. The van der Waals surface area contributed by atoms with E-state index in [-0.39, 0.29) is 48.8 Å². The minimum Gasteiger partial charge on any atom is -0.433 e. The van der Waals surface area contributed by atoms with E-state index < -0.39 is 30.4 Å². The van der Waals surface area contributed by atoms with Gasteiger partial charge in [0.1, 0.15) is 6.61 Å². The van der Waals surface area contributed by atoms with Crippen LogP contribution in [0.15, 0.2) is 18.2 Å². The molecular formula is C22H30F2N4O5. The summed E-state index contributed by atoms with van der Waals surface area (Å²) in [6, 6.07) is 2.97. The number of nitrogens with one attached hydrogen (secondary N) is 1. The topological polar surface area (TPSA) is 114 Å². The molecule has 1 aliphatic carbocycles. The van der Waals surface area contributed by atoms with Gasteiger partial charge in [-0.05, 0) is 30.9 Å². The van der Waals surface area contributed by atoms with Gasteiger partial charge in [-0.1, -0.05) is 20.3 Å². The number of ether oxygens (including phenoxy) is 2. The largest absolute Gasteiger partial charge is 0.433 e. The van der Waals surface area contributed by atoms with Crippen molar-refractivity contribution in [1.29, 1.82) is 0 Å². The van der Waals surface area contributed by atoms with Crippen LogP contribution in [0.25, 0.3) is 0 Å². The van der Waals surface area contributed by atoms with Crippen molar-refractivity contribution < 1.29 is 32.6 Å². The van der Waals surface area contributed by atoms with E-state index >= 15 is 0 Å². The maximum Gasteiger partial charge on any atom is 0.387 e. The number of hydrogen-bond donors (Lipinski definition) is 2. The summed E-state index contributed by atoms with van der Waals surface area (Å²) in [6.45, 7) is 1.63. The van der Waals surface area contributed by atoms with E-state index in [0.29, 0.717) is 6.54 Å². The van der Waals surface area contributed by atoms with Crippen LogP contribution in [0.2, 0.25) is 0 Å². The molecular weight excluding hydrogens is 438 g/mol. The monoisotopic (exact) mass is 468 g/mol. The molecule has 0 spiro atoms. The number of halogens is 2. The lowest BCUT2D eigenvalue weighted by atomic mass is 9.89. The van der Waals surface area contributed by atoms with E-state index in [1.165, 1.54) is 23.1 Å². The third kappa shape index (κ3) is 6.17. The Kier molecular flexibility index (Phi) is 8.20. The predicted molar refractivity (Wildman–Crippen MR) is 117 cm³/mol. The van der Waals surface area contributed by atoms with Crippen molar-refractivity contribution in [2.24, 2.45) is 11.7 Å². The second kappa shape index (κ2) is 10.9. The Hall–Kier alpha value is -2.79. The molecule has 1 aromatic rings. The Morgan fingerprint density at radius 3 is 2.61 bits per heavy atom. The van der Waals surface area contributed by atoms with Crippen molar-refractivity contribution in [1.82, 2.24) is 4.90 Å². The highest BCUT2D eigenvalue weighted by molar-refractivity contribution is 6.10. The van der Waals surface area contributed by atoms with Crippen LogP contribution in [0, 0.1) is 5.92 Å². The highest BCUT2D eigenvalue weighted by atomic mass is 19.3. The van der Waals surface area contributed by atoms with E-state index in [4.69, 9.17) is 10.5 Å². The third-order valence-corrected chi connectivity index (χ3v) is 5.69.